The molecule has 1 fully saturated rings. The minimum absolute atomic E-state index is 0.00173. The molecule has 5 nitrogen and oxygen atoms in total. The molecule has 0 radical (unpaired) electrons. The molecule has 1 aliphatic heterocycles. The van der Waals surface area contributed by atoms with Crippen molar-refractivity contribution in [3.05, 3.63) is 17.8 Å². The van der Waals surface area contributed by atoms with Gasteiger partial charge in [-0.15, -0.1) is 0 Å². The van der Waals surface area contributed by atoms with E-state index in [-0.39, 0.29) is 11.8 Å². The molecule has 2 heterocycles. The fraction of sp³-hybridized carbons (Fsp3) is 0.700. The molecule has 0 aliphatic carbocycles. The molecular formula is C10H16N2O3S. The van der Waals surface area contributed by atoms with Crippen LogP contribution in [0.25, 0.3) is 0 Å². The van der Waals surface area contributed by atoms with Gasteiger partial charge in [0.15, 0.2) is 9.84 Å². The minimum Gasteiger partial charge on any atom is -0.447 e. The molecule has 0 amide bonds. The van der Waals surface area contributed by atoms with Gasteiger partial charge in [0.05, 0.1) is 11.4 Å². The Morgan fingerprint density at radius 1 is 1.69 bits per heavy atom. The summed E-state index contributed by atoms with van der Waals surface area (Å²) in [4.78, 5) is 4.20. The summed E-state index contributed by atoms with van der Waals surface area (Å²) >= 11 is 0. The Morgan fingerprint density at radius 2 is 2.44 bits per heavy atom. The molecule has 2 unspecified atom stereocenters. The Bertz CT molecular complexity index is 464. The van der Waals surface area contributed by atoms with Crippen LogP contribution in [0.5, 0.6) is 0 Å². The van der Waals surface area contributed by atoms with Gasteiger partial charge in [0, 0.05) is 12.5 Å². The van der Waals surface area contributed by atoms with E-state index in [9.17, 15) is 8.42 Å². The topological polar surface area (TPSA) is 86.2 Å². The van der Waals surface area contributed by atoms with Crippen molar-refractivity contribution in [2.75, 3.05) is 5.75 Å². The first kappa shape index (κ1) is 11.6. The van der Waals surface area contributed by atoms with Gasteiger partial charge in [0.25, 0.3) is 0 Å². The molecule has 2 atom stereocenters. The zero-order chi connectivity index (χ0) is 11.8. The molecule has 6 heteroatoms. The van der Waals surface area contributed by atoms with Crippen LogP contribution in [0.15, 0.2) is 10.7 Å². The first-order valence-corrected chi connectivity index (χ1v) is 7.12. The summed E-state index contributed by atoms with van der Waals surface area (Å²) < 4.78 is 28.6. The number of hydrogen-bond donors (Lipinski definition) is 1. The van der Waals surface area contributed by atoms with Crippen molar-refractivity contribution in [2.24, 2.45) is 5.73 Å². The first-order valence-electron chi connectivity index (χ1n) is 5.40. The smallest absolute Gasteiger partial charge is 0.212 e. The van der Waals surface area contributed by atoms with Crippen LogP contribution in [0.1, 0.15) is 36.6 Å². The molecule has 0 bridgehead atoms. The number of nitrogens with two attached hydrogens (primary N) is 1. The third-order valence-corrected chi connectivity index (χ3v) is 4.87. The maximum atomic E-state index is 11.7. The molecule has 0 spiro atoms. The number of oxazole rings is 1. The standard InChI is InChI=1S/C10H16N2O3S/c1-7(11)5-8-6-15-10(12-8)9-3-2-4-16(9,13)14/h6-7,9H,2-5,11H2,1H3. The first-order chi connectivity index (χ1) is 7.49. The van der Waals surface area contributed by atoms with E-state index in [1.165, 1.54) is 6.26 Å². The van der Waals surface area contributed by atoms with Crippen LogP contribution in [-0.2, 0) is 16.3 Å². The molecule has 1 aliphatic rings. The maximum Gasteiger partial charge on any atom is 0.212 e. The Balaban J connectivity index is 2.19. The molecule has 0 aromatic carbocycles. The van der Waals surface area contributed by atoms with E-state index >= 15 is 0 Å². The molecule has 1 aromatic rings. The second-order valence-electron chi connectivity index (χ2n) is 4.36. The van der Waals surface area contributed by atoms with E-state index in [0.29, 0.717) is 25.2 Å². The molecule has 16 heavy (non-hydrogen) atoms. The summed E-state index contributed by atoms with van der Waals surface area (Å²) in [6.07, 6.45) is 3.42. The molecule has 2 rings (SSSR count). The van der Waals surface area contributed by atoms with Gasteiger partial charge in [-0.2, -0.15) is 0 Å². The quantitative estimate of drug-likeness (QED) is 0.850. The highest BCUT2D eigenvalue weighted by atomic mass is 32.2. The summed E-state index contributed by atoms with van der Waals surface area (Å²) in [6.45, 7) is 1.88. The van der Waals surface area contributed by atoms with Crippen LogP contribution in [0.3, 0.4) is 0 Å². The highest BCUT2D eigenvalue weighted by Crippen LogP contribution is 2.33. The van der Waals surface area contributed by atoms with E-state index in [1.54, 1.807) is 0 Å². The van der Waals surface area contributed by atoms with Crippen LogP contribution in [-0.4, -0.2) is 25.2 Å². The van der Waals surface area contributed by atoms with Crippen molar-refractivity contribution >= 4 is 9.84 Å². The third kappa shape index (κ3) is 2.27. The fourth-order valence-corrected chi connectivity index (χ4v) is 3.76. The summed E-state index contributed by atoms with van der Waals surface area (Å²) in [7, 11) is -3.04. The number of hydrogen-bond acceptors (Lipinski definition) is 5. The molecule has 0 saturated carbocycles. The van der Waals surface area contributed by atoms with Crippen LogP contribution < -0.4 is 5.73 Å². The average molecular weight is 244 g/mol. The Labute approximate surface area is 95.0 Å². The van der Waals surface area contributed by atoms with Crippen molar-refractivity contribution in [1.82, 2.24) is 4.98 Å². The second kappa shape index (κ2) is 4.18. The van der Waals surface area contributed by atoms with Gasteiger partial charge < -0.3 is 10.2 Å². The lowest BCUT2D eigenvalue weighted by Gasteiger charge is -2.03. The van der Waals surface area contributed by atoms with Crippen LogP contribution in [0.2, 0.25) is 0 Å². The Morgan fingerprint density at radius 3 is 3.00 bits per heavy atom. The van der Waals surface area contributed by atoms with Gasteiger partial charge in [0.1, 0.15) is 11.5 Å². The van der Waals surface area contributed by atoms with E-state index in [0.717, 1.165) is 5.69 Å². The normalized spacial score (nSPS) is 25.8. The molecule has 1 aromatic heterocycles. The highest BCUT2D eigenvalue weighted by molar-refractivity contribution is 7.91. The van der Waals surface area contributed by atoms with Crippen LogP contribution in [0.4, 0.5) is 0 Å². The van der Waals surface area contributed by atoms with E-state index in [4.69, 9.17) is 10.2 Å². The van der Waals surface area contributed by atoms with Crippen molar-refractivity contribution in [3.63, 3.8) is 0 Å². The summed E-state index contributed by atoms with van der Waals surface area (Å²) in [5.41, 5.74) is 6.37. The van der Waals surface area contributed by atoms with Crippen molar-refractivity contribution in [3.8, 4) is 0 Å². The van der Waals surface area contributed by atoms with Crippen LogP contribution in [0, 0.1) is 0 Å². The molecule has 90 valence electrons. The van der Waals surface area contributed by atoms with E-state index < -0.39 is 15.1 Å². The fourth-order valence-electron chi connectivity index (χ4n) is 1.96. The number of sulfone groups is 1. The van der Waals surface area contributed by atoms with Crippen molar-refractivity contribution in [1.29, 1.82) is 0 Å². The summed E-state index contributed by atoms with van der Waals surface area (Å²) in [6, 6.07) is -0.00173. The molecular weight excluding hydrogens is 228 g/mol. The summed E-state index contributed by atoms with van der Waals surface area (Å²) in [5, 5.41) is -0.547. The van der Waals surface area contributed by atoms with Gasteiger partial charge in [-0.25, -0.2) is 13.4 Å². The minimum atomic E-state index is -3.04. The predicted octanol–water partition coefficient (Wildman–Crippen LogP) is 0.814. The molecule has 2 N–H and O–H groups in total. The van der Waals surface area contributed by atoms with Gasteiger partial charge in [-0.05, 0) is 19.8 Å². The third-order valence-electron chi connectivity index (χ3n) is 2.70. The van der Waals surface area contributed by atoms with Gasteiger partial charge in [-0.1, -0.05) is 0 Å². The van der Waals surface area contributed by atoms with Gasteiger partial charge in [-0.3, -0.25) is 0 Å². The second-order valence-corrected chi connectivity index (χ2v) is 6.66. The SMILES string of the molecule is CC(N)Cc1coc(C2CCCS2(=O)=O)n1. The number of aromatic nitrogens is 1. The Hall–Kier alpha value is -0.880. The lowest BCUT2D eigenvalue weighted by molar-refractivity contribution is 0.476. The monoisotopic (exact) mass is 244 g/mol. The average Bonchev–Trinajstić information content (AvgIpc) is 2.70. The van der Waals surface area contributed by atoms with E-state index in [1.807, 2.05) is 6.92 Å². The van der Waals surface area contributed by atoms with Gasteiger partial charge in [0.2, 0.25) is 5.89 Å². The van der Waals surface area contributed by atoms with Crippen LogP contribution >= 0.6 is 0 Å². The maximum absolute atomic E-state index is 11.7. The summed E-state index contributed by atoms with van der Waals surface area (Å²) in [5.74, 6) is 0.566. The van der Waals surface area contributed by atoms with Crippen molar-refractivity contribution in [2.45, 2.75) is 37.5 Å². The van der Waals surface area contributed by atoms with E-state index in [2.05, 4.69) is 4.98 Å². The highest BCUT2D eigenvalue weighted by Gasteiger charge is 2.36. The molecule has 1 saturated heterocycles. The van der Waals surface area contributed by atoms with Crippen molar-refractivity contribution < 1.29 is 12.8 Å². The lowest BCUT2D eigenvalue weighted by Crippen LogP contribution is -2.18. The largest absolute Gasteiger partial charge is 0.447 e. The lowest BCUT2D eigenvalue weighted by atomic mass is 10.2. The number of rotatable bonds is 3. The Kier molecular flexibility index (Phi) is 3.03. The van der Waals surface area contributed by atoms with Gasteiger partial charge >= 0.3 is 0 Å². The number of nitrogens with zero attached hydrogens (tertiary/aromatic N) is 1. The zero-order valence-electron chi connectivity index (χ0n) is 9.22. The predicted molar refractivity (Wildman–Crippen MR) is 59.6 cm³/mol. The zero-order valence-corrected chi connectivity index (χ0v) is 10.0.